The number of halogens is 1. The summed E-state index contributed by atoms with van der Waals surface area (Å²) in [4.78, 5) is 46.0. The Balaban J connectivity index is 1.48. The molecule has 1 saturated heterocycles. The van der Waals surface area contributed by atoms with E-state index in [0.717, 1.165) is 25.8 Å². The van der Waals surface area contributed by atoms with Gasteiger partial charge >= 0.3 is 0 Å². The number of nitrogens with one attached hydrogen (secondary N) is 4. The van der Waals surface area contributed by atoms with Gasteiger partial charge in [0.15, 0.2) is 0 Å². The van der Waals surface area contributed by atoms with Crippen molar-refractivity contribution in [2.45, 2.75) is 31.3 Å². The van der Waals surface area contributed by atoms with Gasteiger partial charge in [-0.15, -0.1) is 0 Å². The molecule has 0 radical (unpaired) electrons. The van der Waals surface area contributed by atoms with E-state index >= 15 is 0 Å². The zero-order valence-corrected chi connectivity index (χ0v) is 16.8. The SMILES string of the molecule is O=C1NC2(CCCNC2)n2c1c(Cl)cc(Nc1cc(NC(=O)C3CC3)ncn1)c2=O. The van der Waals surface area contributed by atoms with Crippen LogP contribution in [0.2, 0.25) is 5.02 Å². The van der Waals surface area contributed by atoms with Gasteiger partial charge in [-0.3, -0.25) is 19.0 Å². The lowest BCUT2D eigenvalue weighted by Gasteiger charge is -2.35. The number of nitrogens with zero attached hydrogens (tertiary/aromatic N) is 3. The molecule has 1 atom stereocenters. The van der Waals surface area contributed by atoms with Crippen LogP contribution in [0.5, 0.6) is 0 Å². The zero-order valence-electron chi connectivity index (χ0n) is 16.0. The van der Waals surface area contributed by atoms with Gasteiger partial charge in [0.2, 0.25) is 5.91 Å². The summed E-state index contributed by atoms with van der Waals surface area (Å²) in [7, 11) is 0. The molecule has 30 heavy (non-hydrogen) atoms. The summed E-state index contributed by atoms with van der Waals surface area (Å²) >= 11 is 6.38. The van der Waals surface area contributed by atoms with Gasteiger partial charge in [-0.05, 0) is 38.3 Å². The first-order valence-electron chi connectivity index (χ1n) is 9.86. The van der Waals surface area contributed by atoms with Crippen molar-refractivity contribution in [3.63, 3.8) is 0 Å². The van der Waals surface area contributed by atoms with Gasteiger partial charge < -0.3 is 21.3 Å². The molecular weight excluding hydrogens is 410 g/mol. The second kappa shape index (κ2) is 7.06. The van der Waals surface area contributed by atoms with E-state index in [9.17, 15) is 14.4 Å². The maximum absolute atomic E-state index is 13.3. The molecule has 2 aromatic rings. The summed E-state index contributed by atoms with van der Waals surface area (Å²) in [6.07, 6.45) is 4.52. The van der Waals surface area contributed by atoms with E-state index in [0.29, 0.717) is 24.6 Å². The van der Waals surface area contributed by atoms with Crippen molar-refractivity contribution < 1.29 is 9.59 Å². The molecule has 10 nitrogen and oxygen atoms in total. The predicted molar refractivity (Wildman–Crippen MR) is 110 cm³/mol. The van der Waals surface area contributed by atoms with E-state index in [4.69, 9.17) is 11.6 Å². The van der Waals surface area contributed by atoms with Gasteiger partial charge in [0.25, 0.3) is 11.5 Å². The van der Waals surface area contributed by atoms with Gasteiger partial charge in [0.1, 0.15) is 35.0 Å². The topological polar surface area (TPSA) is 130 Å². The normalized spacial score (nSPS) is 22.5. The molecular formula is C19H20ClN7O3. The van der Waals surface area contributed by atoms with E-state index in [2.05, 4.69) is 31.2 Å². The van der Waals surface area contributed by atoms with Crippen molar-refractivity contribution in [2.24, 2.45) is 5.92 Å². The molecule has 1 saturated carbocycles. The first-order valence-corrected chi connectivity index (χ1v) is 10.2. The number of pyridine rings is 1. The van der Waals surface area contributed by atoms with Gasteiger partial charge in [0.05, 0.1) is 5.02 Å². The molecule has 156 valence electrons. The molecule has 1 aliphatic carbocycles. The molecule has 0 aromatic carbocycles. The summed E-state index contributed by atoms with van der Waals surface area (Å²) in [5.41, 5.74) is -0.865. The van der Waals surface area contributed by atoms with Crippen LogP contribution < -0.4 is 26.8 Å². The molecule has 2 amide bonds. The molecule has 1 spiro atoms. The fourth-order valence-electron chi connectivity index (χ4n) is 4.01. The van der Waals surface area contributed by atoms with Crippen LogP contribution >= 0.6 is 11.6 Å². The molecule has 2 aliphatic heterocycles. The first kappa shape index (κ1) is 19.0. The smallest absolute Gasteiger partial charge is 0.276 e. The summed E-state index contributed by atoms with van der Waals surface area (Å²) in [6, 6.07) is 2.97. The molecule has 1 unspecified atom stereocenters. The molecule has 11 heteroatoms. The van der Waals surface area contributed by atoms with E-state index in [1.54, 1.807) is 6.07 Å². The zero-order chi connectivity index (χ0) is 20.9. The number of rotatable bonds is 4. The Morgan fingerprint density at radius 3 is 2.77 bits per heavy atom. The third-order valence-electron chi connectivity index (χ3n) is 5.63. The minimum Gasteiger partial charge on any atom is -0.336 e. The molecule has 5 rings (SSSR count). The number of amides is 2. The standard InChI is InChI=1S/C19H20ClN7O3/c20-11-6-12(24-13-7-14(23-9-22-13)25-16(28)10-2-3-10)18(30)27-15(11)17(29)26-19(27)4-1-5-21-8-19/h6-7,9-10,21H,1-5,8H2,(H,26,29)(H2,22,23,24,25,28). The second-order valence-corrected chi connectivity index (χ2v) is 8.25. The van der Waals surface area contributed by atoms with Crippen LogP contribution in [-0.2, 0) is 10.5 Å². The molecule has 3 aliphatic rings. The van der Waals surface area contributed by atoms with Crippen LogP contribution in [-0.4, -0.2) is 39.4 Å². The minimum absolute atomic E-state index is 0.0434. The molecule has 4 N–H and O–H groups in total. The Morgan fingerprint density at radius 1 is 1.23 bits per heavy atom. The predicted octanol–water partition coefficient (Wildman–Crippen LogP) is 1.16. The lowest BCUT2D eigenvalue weighted by Crippen LogP contribution is -2.56. The number of carbonyl (C=O) groups excluding carboxylic acids is 2. The lowest BCUT2D eigenvalue weighted by molar-refractivity contribution is -0.117. The van der Waals surface area contributed by atoms with Gasteiger partial charge in [-0.25, -0.2) is 9.97 Å². The largest absolute Gasteiger partial charge is 0.336 e. The molecule has 2 aromatic heterocycles. The van der Waals surface area contributed by atoms with Gasteiger partial charge in [-0.2, -0.15) is 0 Å². The fraction of sp³-hybridized carbons (Fsp3) is 0.421. The highest BCUT2D eigenvalue weighted by Crippen LogP contribution is 2.33. The average molecular weight is 430 g/mol. The van der Waals surface area contributed by atoms with Crippen molar-refractivity contribution in [1.82, 2.24) is 25.2 Å². The lowest BCUT2D eigenvalue weighted by atomic mass is 10.00. The van der Waals surface area contributed by atoms with Crippen molar-refractivity contribution in [2.75, 3.05) is 23.7 Å². The van der Waals surface area contributed by atoms with Crippen LogP contribution in [0.3, 0.4) is 0 Å². The van der Waals surface area contributed by atoms with Crippen molar-refractivity contribution >= 4 is 40.7 Å². The highest BCUT2D eigenvalue weighted by molar-refractivity contribution is 6.34. The Labute approximate surface area is 176 Å². The van der Waals surface area contributed by atoms with E-state index in [-0.39, 0.29) is 39.7 Å². The highest BCUT2D eigenvalue weighted by Gasteiger charge is 2.45. The van der Waals surface area contributed by atoms with Crippen LogP contribution in [0.4, 0.5) is 17.3 Å². The maximum atomic E-state index is 13.3. The Morgan fingerprint density at radius 2 is 2.03 bits per heavy atom. The number of fused-ring (bicyclic) bond motifs is 2. The number of carbonyl (C=O) groups is 2. The maximum Gasteiger partial charge on any atom is 0.276 e. The van der Waals surface area contributed by atoms with Crippen LogP contribution in [0.15, 0.2) is 23.3 Å². The highest BCUT2D eigenvalue weighted by atomic mass is 35.5. The summed E-state index contributed by atoms with van der Waals surface area (Å²) in [6.45, 7) is 1.26. The third-order valence-corrected chi connectivity index (χ3v) is 5.92. The van der Waals surface area contributed by atoms with E-state index in [1.807, 2.05) is 0 Å². The van der Waals surface area contributed by atoms with Gasteiger partial charge in [-0.1, -0.05) is 11.6 Å². The summed E-state index contributed by atoms with van der Waals surface area (Å²) < 4.78 is 1.45. The van der Waals surface area contributed by atoms with Crippen LogP contribution in [0.25, 0.3) is 0 Å². The second-order valence-electron chi connectivity index (χ2n) is 7.84. The number of piperidine rings is 1. The molecule has 0 bridgehead atoms. The third kappa shape index (κ3) is 3.21. The summed E-state index contributed by atoms with van der Waals surface area (Å²) in [5, 5.41) is 12.0. The fourth-order valence-corrected chi connectivity index (χ4v) is 4.29. The monoisotopic (exact) mass is 429 g/mol. The minimum atomic E-state index is -0.835. The Bertz CT molecular complexity index is 1110. The average Bonchev–Trinajstić information content (AvgIpc) is 3.52. The van der Waals surface area contributed by atoms with Crippen LogP contribution in [0, 0.1) is 5.92 Å². The van der Waals surface area contributed by atoms with Crippen molar-refractivity contribution in [1.29, 1.82) is 0 Å². The van der Waals surface area contributed by atoms with Crippen LogP contribution in [0.1, 0.15) is 36.2 Å². The number of hydrogen-bond acceptors (Lipinski definition) is 7. The Hall–Kier alpha value is -2.98. The Kier molecular flexibility index (Phi) is 4.48. The number of hydrogen-bond donors (Lipinski definition) is 4. The summed E-state index contributed by atoms with van der Waals surface area (Å²) in [5.74, 6) is 0.289. The van der Waals surface area contributed by atoms with Crippen molar-refractivity contribution in [3.8, 4) is 0 Å². The number of aromatic nitrogens is 3. The number of anilines is 3. The molecule has 2 fully saturated rings. The van der Waals surface area contributed by atoms with Crippen molar-refractivity contribution in [3.05, 3.63) is 39.5 Å². The quantitative estimate of drug-likeness (QED) is 0.573. The molecule has 4 heterocycles. The van der Waals surface area contributed by atoms with Gasteiger partial charge in [0, 0.05) is 18.5 Å². The first-order chi connectivity index (χ1) is 14.5. The van der Waals surface area contributed by atoms with E-state index < -0.39 is 5.66 Å². The van der Waals surface area contributed by atoms with E-state index in [1.165, 1.54) is 17.0 Å².